The Morgan fingerprint density at radius 1 is 1.40 bits per heavy atom. The fourth-order valence-electron chi connectivity index (χ4n) is 2.52. The van der Waals surface area contributed by atoms with Crippen LogP contribution in [0.3, 0.4) is 0 Å². The first-order valence-corrected chi connectivity index (χ1v) is 6.93. The molecule has 1 aliphatic rings. The van der Waals surface area contributed by atoms with Crippen molar-refractivity contribution in [1.82, 2.24) is 0 Å². The van der Waals surface area contributed by atoms with E-state index in [0.29, 0.717) is 18.2 Å². The zero-order valence-corrected chi connectivity index (χ0v) is 11.9. The Bertz CT molecular complexity index is 514. The minimum absolute atomic E-state index is 0.0600. The Kier molecular flexibility index (Phi) is 4.39. The Hall–Kier alpha value is -1.88. The number of anilines is 2. The molecule has 0 aromatic heterocycles. The van der Waals surface area contributed by atoms with Crippen LogP contribution in [-0.2, 0) is 9.59 Å². The van der Waals surface area contributed by atoms with Gasteiger partial charge < -0.3 is 16.0 Å². The average Bonchev–Trinajstić information content (AvgIpc) is 2.42. The predicted molar refractivity (Wildman–Crippen MR) is 79.4 cm³/mol. The number of hydrogen-bond donors (Lipinski definition) is 2. The largest absolute Gasteiger partial charge is 0.330 e. The second-order valence-corrected chi connectivity index (χ2v) is 5.55. The molecule has 1 atom stereocenters. The van der Waals surface area contributed by atoms with Crippen LogP contribution in [0.5, 0.6) is 0 Å². The highest BCUT2D eigenvalue weighted by molar-refractivity contribution is 6.10. The molecule has 0 aliphatic carbocycles. The monoisotopic (exact) mass is 275 g/mol. The summed E-state index contributed by atoms with van der Waals surface area (Å²) in [6.45, 7) is 4.49. The van der Waals surface area contributed by atoms with E-state index < -0.39 is 0 Å². The number of nitrogens with zero attached hydrogens (tertiary/aromatic N) is 1. The number of carbonyl (C=O) groups is 2. The minimum atomic E-state index is -0.242. The summed E-state index contributed by atoms with van der Waals surface area (Å²) < 4.78 is 0. The van der Waals surface area contributed by atoms with Gasteiger partial charge in [-0.3, -0.25) is 9.59 Å². The summed E-state index contributed by atoms with van der Waals surface area (Å²) in [5.74, 6) is -0.0869. The van der Waals surface area contributed by atoms with E-state index in [1.165, 1.54) is 0 Å². The summed E-state index contributed by atoms with van der Waals surface area (Å²) in [4.78, 5) is 25.9. The van der Waals surface area contributed by atoms with Gasteiger partial charge in [0.2, 0.25) is 11.8 Å². The van der Waals surface area contributed by atoms with Crippen LogP contribution in [0, 0.1) is 11.8 Å². The topological polar surface area (TPSA) is 75.4 Å². The van der Waals surface area contributed by atoms with Gasteiger partial charge in [-0.15, -0.1) is 0 Å². The molecule has 0 saturated carbocycles. The van der Waals surface area contributed by atoms with E-state index in [-0.39, 0.29) is 24.3 Å². The van der Waals surface area contributed by atoms with Crippen molar-refractivity contribution >= 4 is 23.2 Å². The smallest absolute Gasteiger partial charge is 0.244 e. The average molecular weight is 275 g/mol. The van der Waals surface area contributed by atoms with Gasteiger partial charge in [0.1, 0.15) is 6.54 Å². The van der Waals surface area contributed by atoms with Crippen LogP contribution < -0.4 is 16.0 Å². The number of nitrogens with two attached hydrogens (primary N) is 1. The second-order valence-electron chi connectivity index (χ2n) is 5.55. The van der Waals surface area contributed by atoms with Gasteiger partial charge in [0.05, 0.1) is 17.3 Å². The highest BCUT2D eigenvalue weighted by Crippen LogP contribution is 2.30. The normalized spacial score (nSPS) is 15.8. The third kappa shape index (κ3) is 2.99. The van der Waals surface area contributed by atoms with E-state index in [2.05, 4.69) is 19.2 Å². The molecular weight excluding hydrogens is 254 g/mol. The SMILES string of the molecule is CC(C)CC(CN)C(=O)N1CC(=O)Nc2ccccc21. The number of carbonyl (C=O) groups excluding carboxylic acids is 2. The van der Waals surface area contributed by atoms with Crippen LogP contribution >= 0.6 is 0 Å². The Morgan fingerprint density at radius 3 is 2.75 bits per heavy atom. The molecule has 0 fully saturated rings. The number of para-hydroxylation sites is 2. The third-order valence-electron chi connectivity index (χ3n) is 3.43. The Morgan fingerprint density at radius 2 is 2.10 bits per heavy atom. The molecule has 1 aliphatic heterocycles. The van der Waals surface area contributed by atoms with Crippen molar-refractivity contribution in [2.24, 2.45) is 17.6 Å². The van der Waals surface area contributed by atoms with Crippen LogP contribution in [0.15, 0.2) is 24.3 Å². The minimum Gasteiger partial charge on any atom is -0.330 e. The molecule has 1 heterocycles. The number of hydrogen-bond acceptors (Lipinski definition) is 3. The van der Waals surface area contributed by atoms with E-state index >= 15 is 0 Å². The van der Waals surface area contributed by atoms with Gasteiger partial charge >= 0.3 is 0 Å². The predicted octanol–water partition coefficient (Wildman–Crippen LogP) is 1.59. The van der Waals surface area contributed by atoms with Crippen LogP contribution in [0.25, 0.3) is 0 Å². The first-order valence-electron chi connectivity index (χ1n) is 6.93. The van der Waals surface area contributed by atoms with Crippen LogP contribution in [0.4, 0.5) is 11.4 Å². The molecule has 0 spiro atoms. The first kappa shape index (κ1) is 14.5. The second kappa shape index (κ2) is 6.05. The van der Waals surface area contributed by atoms with Crippen LogP contribution in [-0.4, -0.2) is 24.9 Å². The number of benzene rings is 1. The van der Waals surface area contributed by atoms with Gasteiger partial charge in [0.25, 0.3) is 0 Å². The highest BCUT2D eigenvalue weighted by atomic mass is 16.2. The van der Waals surface area contributed by atoms with Crippen molar-refractivity contribution in [2.75, 3.05) is 23.3 Å². The fourth-order valence-corrected chi connectivity index (χ4v) is 2.52. The van der Waals surface area contributed by atoms with E-state index in [0.717, 1.165) is 12.1 Å². The fraction of sp³-hybridized carbons (Fsp3) is 0.467. The van der Waals surface area contributed by atoms with Gasteiger partial charge in [0.15, 0.2) is 0 Å². The molecule has 0 radical (unpaired) electrons. The molecule has 3 N–H and O–H groups in total. The lowest BCUT2D eigenvalue weighted by atomic mass is 9.95. The molecule has 0 bridgehead atoms. The Balaban J connectivity index is 2.27. The molecule has 5 nitrogen and oxygen atoms in total. The molecule has 108 valence electrons. The maximum absolute atomic E-state index is 12.6. The number of nitrogens with one attached hydrogen (secondary N) is 1. The van der Waals surface area contributed by atoms with Gasteiger partial charge in [0, 0.05) is 6.54 Å². The van der Waals surface area contributed by atoms with Gasteiger partial charge in [-0.1, -0.05) is 26.0 Å². The zero-order valence-electron chi connectivity index (χ0n) is 11.9. The molecule has 2 amide bonds. The zero-order chi connectivity index (χ0) is 14.7. The summed E-state index contributed by atoms with van der Waals surface area (Å²) in [6.07, 6.45) is 0.732. The lowest BCUT2D eigenvalue weighted by Gasteiger charge is -2.32. The first-order chi connectivity index (χ1) is 9.52. The third-order valence-corrected chi connectivity index (χ3v) is 3.43. The molecule has 1 unspecified atom stereocenters. The number of fused-ring (bicyclic) bond motifs is 1. The van der Waals surface area contributed by atoms with Crippen LogP contribution in [0.2, 0.25) is 0 Å². The molecule has 1 aromatic rings. The molecule has 0 saturated heterocycles. The van der Waals surface area contributed by atoms with Gasteiger partial charge in [-0.2, -0.15) is 0 Å². The number of rotatable bonds is 4. The van der Waals surface area contributed by atoms with Crippen molar-refractivity contribution in [3.05, 3.63) is 24.3 Å². The lowest BCUT2D eigenvalue weighted by molar-refractivity contribution is -0.124. The van der Waals surface area contributed by atoms with Gasteiger partial charge in [-0.25, -0.2) is 0 Å². The molecule has 1 aromatic carbocycles. The van der Waals surface area contributed by atoms with Gasteiger partial charge in [-0.05, 0) is 24.5 Å². The van der Waals surface area contributed by atoms with E-state index in [1.54, 1.807) is 11.0 Å². The van der Waals surface area contributed by atoms with Crippen molar-refractivity contribution in [2.45, 2.75) is 20.3 Å². The summed E-state index contributed by atoms with van der Waals surface area (Å²) in [5, 5.41) is 2.78. The molecule has 5 heteroatoms. The Labute approximate surface area is 119 Å². The number of amides is 2. The maximum Gasteiger partial charge on any atom is 0.244 e. The molecular formula is C15H21N3O2. The summed E-state index contributed by atoms with van der Waals surface area (Å²) in [7, 11) is 0. The summed E-state index contributed by atoms with van der Waals surface area (Å²) >= 11 is 0. The maximum atomic E-state index is 12.6. The summed E-state index contributed by atoms with van der Waals surface area (Å²) in [6, 6.07) is 7.33. The van der Waals surface area contributed by atoms with Crippen molar-refractivity contribution in [3.8, 4) is 0 Å². The molecule has 20 heavy (non-hydrogen) atoms. The van der Waals surface area contributed by atoms with Crippen LogP contribution in [0.1, 0.15) is 20.3 Å². The van der Waals surface area contributed by atoms with Crippen molar-refractivity contribution in [1.29, 1.82) is 0 Å². The quantitative estimate of drug-likeness (QED) is 0.876. The van der Waals surface area contributed by atoms with Crippen molar-refractivity contribution < 1.29 is 9.59 Å². The molecule has 2 rings (SSSR count). The standard InChI is InChI=1S/C15H21N3O2/c1-10(2)7-11(8-16)15(20)18-9-14(19)17-12-5-3-4-6-13(12)18/h3-6,10-11H,7-9,16H2,1-2H3,(H,17,19). The highest BCUT2D eigenvalue weighted by Gasteiger charge is 2.31. The van der Waals surface area contributed by atoms with E-state index in [9.17, 15) is 9.59 Å². The lowest BCUT2D eigenvalue weighted by Crippen LogP contribution is -2.46. The van der Waals surface area contributed by atoms with Crippen molar-refractivity contribution in [3.63, 3.8) is 0 Å². The van der Waals surface area contributed by atoms with E-state index in [4.69, 9.17) is 5.73 Å². The van der Waals surface area contributed by atoms with E-state index in [1.807, 2.05) is 18.2 Å². The summed E-state index contributed by atoms with van der Waals surface area (Å²) in [5.41, 5.74) is 7.16.